The van der Waals surface area contributed by atoms with Crippen molar-refractivity contribution in [2.75, 3.05) is 18.9 Å². The van der Waals surface area contributed by atoms with Crippen LogP contribution in [0.1, 0.15) is 29.8 Å². The molecule has 0 spiro atoms. The van der Waals surface area contributed by atoms with Crippen LogP contribution in [0.25, 0.3) is 5.69 Å². The molecule has 3 heterocycles. The Hall–Kier alpha value is -2.05. The third-order valence-electron chi connectivity index (χ3n) is 4.85. The minimum atomic E-state index is 0.278. The summed E-state index contributed by atoms with van der Waals surface area (Å²) in [4.78, 5) is 4.62. The molecule has 2 aliphatic heterocycles. The van der Waals surface area contributed by atoms with Crippen LogP contribution >= 0.6 is 11.8 Å². The van der Waals surface area contributed by atoms with Gasteiger partial charge in [0.15, 0.2) is 5.17 Å². The lowest BCUT2D eigenvalue weighted by Crippen LogP contribution is -2.26. The van der Waals surface area contributed by atoms with Crippen molar-refractivity contribution in [1.82, 2.24) is 9.99 Å². The molecule has 1 aromatic carbocycles. The fraction of sp³-hybridized carbons (Fsp3) is 0.400. The van der Waals surface area contributed by atoms with Gasteiger partial charge in [0.05, 0.1) is 18.4 Å². The smallest absolute Gasteiger partial charge is 0.177 e. The van der Waals surface area contributed by atoms with E-state index >= 15 is 0 Å². The van der Waals surface area contributed by atoms with Gasteiger partial charge in [0.25, 0.3) is 0 Å². The zero-order valence-electron chi connectivity index (χ0n) is 15.2. The van der Waals surface area contributed by atoms with E-state index < -0.39 is 0 Å². The van der Waals surface area contributed by atoms with Crippen molar-refractivity contribution in [1.29, 1.82) is 0 Å². The normalized spacial score (nSPS) is 21.7. The molecule has 6 heteroatoms. The Morgan fingerprint density at radius 3 is 2.85 bits per heavy atom. The lowest BCUT2D eigenvalue weighted by molar-refractivity contribution is 0.118. The molecular formula is C20H24N4OS. The number of hydrogen-bond donors (Lipinski definition) is 1. The average Bonchev–Trinajstić information content (AvgIpc) is 3.29. The number of hydrogen-bond acceptors (Lipinski definition) is 4. The van der Waals surface area contributed by atoms with Crippen molar-refractivity contribution < 1.29 is 4.74 Å². The Morgan fingerprint density at radius 2 is 2.15 bits per heavy atom. The first kappa shape index (κ1) is 17.4. The van der Waals surface area contributed by atoms with Gasteiger partial charge < -0.3 is 9.30 Å². The van der Waals surface area contributed by atoms with E-state index in [9.17, 15) is 0 Å². The van der Waals surface area contributed by atoms with Crippen LogP contribution in [0.15, 0.2) is 46.5 Å². The first-order chi connectivity index (χ1) is 12.7. The second-order valence-electron chi connectivity index (χ2n) is 6.70. The van der Waals surface area contributed by atoms with Crippen molar-refractivity contribution >= 4 is 22.6 Å². The summed E-state index contributed by atoms with van der Waals surface area (Å²) in [7, 11) is 0. The van der Waals surface area contributed by atoms with Crippen LogP contribution in [-0.4, -0.2) is 40.5 Å². The number of nitrogens with one attached hydrogen (secondary N) is 1. The second kappa shape index (κ2) is 7.68. The van der Waals surface area contributed by atoms with Crippen LogP contribution in [0, 0.1) is 13.8 Å². The van der Waals surface area contributed by atoms with Crippen molar-refractivity contribution in [3.05, 3.63) is 53.3 Å². The number of aryl methyl sites for hydroxylation is 1. The summed E-state index contributed by atoms with van der Waals surface area (Å²) in [6.07, 6.45) is 2.54. The minimum absolute atomic E-state index is 0.278. The predicted octanol–water partition coefficient (Wildman–Crippen LogP) is 3.67. The fourth-order valence-electron chi connectivity index (χ4n) is 3.54. The topological polar surface area (TPSA) is 50.9 Å². The zero-order chi connectivity index (χ0) is 17.9. The number of para-hydroxylation sites is 1. The minimum Gasteiger partial charge on any atom is -0.376 e. The van der Waals surface area contributed by atoms with Crippen LogP contribution in [0.2, 0.25) is 0 Å². The van der Waals surface area contributed by atoms with E-state index in [1.165, 1.54) is 22.6 Å². The van der Waals surface area contributed by atoms with Gasteiger partial charge in [-0.1, -0.05) is 30.0 Å². The summed E-state index contributed by atoms with van der Waals surface area (Å²) in [5, 5.41) is 5.49. The molecule has 2 aromatic rings. The maximum Gasteiger partial charge on any atom is 0.177 e. The van der Waals surface area contributed by atoms with Gasteiger partial charge in [-0.2, -0.15) is 5.10 Å². The van der Waals surface area contributed by atoms with E-state index in [4.69, 9.17) is 4.74 Å². The van der Waals surface area contributed by atoms with E-state index in [1.54, 1.807) is 11.8 Å². The van der Waals surface area contributed by atoms with E-state index in [0.29, 0.717) is 0 Å². The van der Waals surface area contributed by atoms with Gasteiger partial charge in [-0.25, -0.2) is 0 Å². The largest absolute Gasteiger partial charge is 0.376 e. The number of ether oxygens (including phenoxy) is 1. The average molecular weight is 369 g/mol. The molecule has 1 aromatic heterocycles. The van der Waals surface area contributed by atoms with Gasteiger partial charge in [0.1, 0.15) is 0 Å². The zero-order valence-corrected chi connectivity index (χ0v) is 16.1. The number of hydrazone groups is 1. The SMILES string of the molecule is Cc1cc(C2=NNC(=NCC3CCCO3)SC2)c(C)n1-c1ccccc1. The molecule has 0 radical (unpaired) electrons. The highest BCUT2D eigenvalue weighted by Crippen LogP contribution is 2.24. The molecule has 5 nitrogen and oxygen atoms in total. The number of aromatic nitrogens is 1. The van der Waals surface area contributed by atoms with Gasteiger partial charge in [-0.15, -0.1) is 0 Å². The Bertz CT molecular complexity index is 835. The molecule has 4 rings (SSSR count). The number of aliphatic imine (C=N–C) groups is 1. The van der Waals surface area contributed by atoms with Gasteiger partial charge in [0.2, 0.25) is 0 Å². The van der Waals surface area contributed by atoms with Crippen LogP contribution in [0.3, 0.4) is 0 Å². The molecular weight excluding hydrogens is 344 g/mol. The van der Waals surface area contributed by atoms with Gasteiger partial charge in [-0.05, 0) is 44.9 Å². The molecule has 1 fully saturated rings. The molecule has 1 atom stereocenters. The third kappa shape index (κ3) is 3.57. The molecule has 136 valence electrons. The Kier molecular flexibility index (Phi) is 5.13. The van der Waals surface area contributed by atoms with E-state index in [0.717, 1.165) is 42.6 Å². The summed E-state index contributed by atoms with van der Waals surface area (Å²) >= 11 is 1.71. The molecule has 1 unspecified atom stereocenters. The molecule has 0 bridgehead atoms. The van der Waals surface area contributed by atoms with Crippen molar-refractivity contribution in [3.8, 4) is 5.69 Å². The first-order valence-corrected chi connectivity index (χ1v) is 10.1. The fourth-order valence-corrected chi connectivity index (χ4v) is 4.31. The molecule has 1 N–H and O–H groups in total. The van der Waals surface area contributed by atoms with E-state index in [1.807, 2.05) is 6.07 Å². The predicted molar refractivity (Wildman–Crippen MR) is 109 cm³/mol. The van der Waals surface area contributed by atoms with Crippen LogP contribution in [0.4, 0.5) is 0 Å². The highest BCUT2D eigenvalue weighted by Gasteiger charge is 2.20. The van der Waals surface area contributed by atoms with Gasteiger partial charge >= 0.3 is 0 Å². The molecule has 0 amide bonds. The van der Waals surface area contributed by atoms with Crippen molar-refractivity contribution in [3.63, 3.8) is 0 Å². The quantitative estimate of drug-likeness (QED) is 0.896. The lowest BCUT2D eigenvalue weighted by atomic mass is 10.1. The Balaban J connectivity index is 1.51. The number of amidine groups is 1. The summed E-state index contributed by atoms with van der Waals surface area (Å²) in [6.45, 7) is 5.89. The summed E-state index contributed by atoms with van der Waals surface area (Å²) in [6, 6.07) is 12.7. The number of benzene rings is 1. The first-order valence-electron chi connectivity index (χ1n) is 9.08. The maximum atomic E-state index is 5.63. The summed E-state index contributed by atoms with van der Waals surface area (Å²) in [5.41, 5.74) is 9.01. The monoisotopic (exact) mass is 368 g/mol. The molecule has 0 aliphatic carbocycles. The van der Waals surface area contributed by atoms with E-state index in [2.05, 4.69) is 64.3 Å². The van der Waals surface area contributed by atoms with Crippen molar-refractivity contribution in [2.24, 2.45) is 10.1 Å². The summed E-state index contributed by atoms with van der Waals surface area (Å²) < 4.78 is 7.91. The van der Waals surface area contributed by atoms with Crippen LogP contribution < -0.4 is 5.43 Å². The Labute approximate surface area is 158 Å². The standard InChI is InChI=1S/C20H24N4OS/c1-14-11-18(15(2)24(14)16-7-4-3-5-8-16)19-13-26-20(23-22-19)21-12-17-9-6-10-25-17/h3-5,7-8,11,17H,6,9-10,12-13H2,1-2H3,(H,21,23). The summed E-state index contributed by atoms with van der Waals surface area (Å²) in [5.74, 6) is 0.830. The number of rotatable bonds is 4. The van der Waals surface area contributed by atoms with Gasteiger partial charge in [0, 0.05) is 35.0 Å². The number of nitrogens with zero attached hydrogens (tertiary/aromatic N) is 3. The highest BCUT2D eigenvalue weighted by atomic mass is 32.2. The Morgan fingerprint density at radius 1 is 1.31 bits per heavy atom. The van der Waals surface area contributed by atoms with Crippen LogP contribution in [0.5, 0.6) is 0 Å². The molecule has 1 saturated heterocycles. The van der Waals surface area contributed by atoms with Crippen LogP contribution in [-0.2, 0) is 4.74 Å². The van der Waals surface area contributed by atoms with E-state index in [-0.39, 0.29) is 6.10 Å². The van der Waals surface area contributed by atoms with Gasteiger partial charge in [-0.3, -0.25) is 10.4 Å². The maximum absolute atomic E-state index is 5.63. The van der Waals surface area contributed by atoms with Crippen molar-refractivity contribution in [2.45, 2.75) is 32.8 Å². The third-order valence-corrected chi connectivity index (χ3v) is 5.76. The molecule has 26 heavy (non-hydrogen) atoms. The highest BCUT2D eigenvalue weighted by molar-refractivity contribution is 8.14. The molecule has 0 saturated carbocycles. The number of thioether (sulfide) groups is 1. The second-order valence-corrected chi connectivity index (χ2v) is 7.66. The molecule has 2 aliphatic rings. The lowest BCUT2D eigenvalue weighted by Gasteiger charge is -2.16.